The standard InChI is InChI=1S/C12H7Cl2NO2/c13-9-2-1-7-8(12(9)14)5-6-15-10(7)3-4-11(16)17/h1-6H,(H,16,17)/b4-3+. The van der Waals surface area contributed by atoms with Gasteiger partial charge in [-0.25, -0.2) is 4.79 Å². The predicted molar refractivity (Wildman–Crippen MR) is 68.4 cm³/mol. The summed E-state index contributed by atoms with van der Waals surface area (Å²) >= 11 is 12.0. The van der Waals surface area contributed by atoms with Crippen molar-refractivity contribution in [3.05, 3.63) is 46.2 Å². The van der Waals surface area contributed by atoms with Crippen molar-refractivity contribution in [3.8, 4) is 0 Å². The van der Waals surface area contributed by atoms with Gasteiger partial charge in [-0.2, -0.15) is 0 Å². The zero-order valence-corrected chi connectivity index (χ0v) is 10.0. The molecule has 5 heteroatoms. The molecule has 0 amide bonds. The van der Waals surface area contributed by atoms with E-state index in [0.717, 1.165) is 16.8 Å². The van der Waals surface area contributed by atoms with E-state index in [4.69, 9.17) is 28.3 Å². The molecule has 0 bridgehead atoms. The highest BCUT2D eigenvalue weighted by molar-refractivity contribution is 6.45. The molecule has 1 heterocycles. The first-order valence-electron chi connectivity index (χ1n) is 4.73. The Labute approximate surface area is 107 Å². The van der Waals surface area contributed by atoms with E-state index in [2.05, 4.69) is 4.98 Å². The maximum atomic E-state index is 10.5. The number of rotatable bonds is 2. The molecule has 0 atom stereocenters. The summed E-state index contributed by atoms with van der Waals surface area (Å²) in [5.74, 6) is -1.02. The highest BCUT2D eigenvalue weighted by Gasteiger charge is 2.06. The summed E-state index contributed by atoms with van der Waals surface area (Å²) in [6.07, 6.45) is 4.02. The van der Waals surface area contributed by atoms with Crippen LogP contribution in [-0.4, -0.2) is 16.1 Å². The quantitative estimate of drug-likeness (QED) is 0.846. The molecule has 2 rings (SSSR count). The lowest BCUT2D eigenvalue weighted by Gasteiger charge is -2.04. The molecule has 17 heavy (non-hydrogen) atoms. The molecule has 2 aromatic rings. The number of aliphatic carboxylic acids is 1. The Morgan fingerprint density at radius 3 is 2.71 bits per heavy atom. The van der Waals surface area contributed by atoms with Crippen LogP contribution in [0.2, 0.25) is 10.0 Å². The maximum absolute atomic E-state index is 10.5. The zero-order valence-electron chi connectivity index (χ0n) is 8.52. The topological polar surface area (TPSA) is 50.2 Å². The molecule has 0 saturated carbocycles. The average Bonchev–Trinajstić information content (AvgIpc) is 2.31. The Balaban J connectivity index is 2.66. The SMILES string of the molecule is O=C(O)/C=C/c1nccc2c(Cl)c(Cl)ccc12. The second-order valence-corrected chi connectivity index (χ2v) is 4.11. The van der Waals surface area contributed by atoms with Crippen molar-refractivity contribution in [2.75, 3.05) is 0 Å². The molecule has 1 N–H and O–H groups in total. The first-order chi connectivity index (χ1) is 8.09. The van der Waals surface area contributed by atoms with Gasteiger partial charge in [0.1, 0.15) is 0 Å². The average molecular weight is 268 g/mol. The molecule has 0 spiro atoms. The highest BCUT2D eigenvalue weighted by atomic mass is 35.5. The van der Waals surface area contributed by atoms with Crippen LogP contribution in [0.25, 0.3) is 16.8 Å². The molecule has 0 unspecified atom stereocenters. The Hall–Kier alpha value is -1.58. The first-order valence-corrected chi connectivity index (χ1v) is 5.49. The zero-order chi connectivity index (χ0) is 12.4. The minimum atomic E-state index is -1.02. The Morgan fingerprint density at radius 2 is 2.00 bits per heavy atom. The van der Waals surface area contributed by atoms with Crippen LogP contribution in [0.15, 0.2) is 30.5 Å². The molecule has 1 aromatic heterocycles. The van der Waals surface area contributed by atoms with Crippen molar-refractivity contribution < 1.29 is 9.90 Å². The maximum Gasteiger partial charge on any atom is 0.328 e. The number of pyridine rings is 1. The van der Waals surface area contributed by atoms with Crippen molar-refractivity contribution in [2.24, 2.45) is 0 Å². The monoisotopic (exact) mass is 267 g/mol. The lowest BCUT2D eigenvalue weighted by Crippen LogP contribution is -1.89. The second-order valence-electron chi connectivity index (χ2n) is 3.32. The van der Waals surface area contributed by atoms with Crippen molar-refractivity contribution >= 4 is 46.0 Å². The minimum absolute atomic E-state index is 0.441. The van der Waals surface area contributed by atoms with E-state index >= 15 is 0 Å². The van der Waals surface area contributed by atoms with Gasteiger partial charge in [-0.15, -0.1) is 0 Å². The molecule has 0 saturated heterocycles. The van der Waals surface area contributed by atoms with Crippen LogP contribution in [0.1, 0.15) is 5.69 Å². The van der Waals surface area contributed by atoms with Gasteiger partial charge < -0.3 is 5.11 Å². The molecule has 0 aliphatic heterocycles. The number of hydrogen-bond acceptors (Lipinski definition) is 2. The number of carboxylic acid groups (broad SMARTS) is 1. The van der Waals surface area contributed by atoms with Crippen LogP contribution >= 0.6 is 23.2 Å². The summed E-state index contributed by atoms with van der Waals surface area (Å²) < 4.78 is 0. The first kappa shape index (κ1) is 11.9. The van der Waals surface area contributed by atoms with Gasteiger partial charge in [0.05, 0.1) is 15.7 Å². The summed E-state index contributed by atoms with van der Waals surface area (Å²) in [7, 11) is 0. The van der Waals surface area contributed by atoms with Crippen LogP contribution in [0.5, 0.6) is 0 Å². The number of carbonyl (C=O) groups is 1. The van der Waals surface area contributed by atoms with E-state index in [1.54, 1.807) is 24.4 Å². The van der Waals surface area contributed by atoms with Gasteiger partial charge in [0.2, 0.25) is 0 Å². The number of halogens is 2. The fourth-order valence-corrected chi connectivity index (χ4v) is 1.89. The number of hydrogen-bond donors (Lipinski definition) is 1. The Kier molecular flexibility index (Phi) is 3.31. The van der Waals surface area contributed by atoms with Gasteiger partial charge in [0.25, 0.3) is 0 Å². The lowest BCUT2D eigenvalue weighted by molar-refractivity contribution is -0.131. The van der Waals surface area contributed by atoms with Crippen molar-refractivity contribution in [2.45, 2.75) is 0 Å². The van der Waals surface area contributed by atoms with Gasteiger partial charge in [0, 0.05) is 23.0 Å². The van der Waals surface area contributed by atoms with Gasteiger partial charge >= 0.3 is 5.97 Å². The third-order valence-corrected chi connectivity index (χ3v) is 3.07. The predicted octanol–water partition coefficient (Wildman–Crippen LogP) is 3.64. The molecular weight excluding hydrogens is 261 g/mol. The van der Waals surface area contributed by atoms with E-state index in [1.807, 2.05) is 0 Å². The Morgan fingerprint density at radius 1 is 1.24 bits per heavy atom. The van der Waals surface area contributed by atoms with Crippen LogP contribution in [0.4, 0.5) is 0 Å². The third-order valence-electron chi connectivity index (χ3n) is 2.25. The summed E-state index contributed by atoms with van der Waals surface area (Å²) in [6.45, 7) is 0. The molecule has 0 fully saturated rings. The second kappa shape index (κ2) is 4.73. The smallest absolute Gasteiger partial charge is 0.328 e. The van der Waals surface area contributed by atoms with Gasteiger partial charge in [0.15, 0.2) is 0 Å². The van der Waals surface area contributed by atoms with E-state index in [0.29, 0.717) is 15.7 Å². The van der Waals surface area contributed by atoms with E-state index in [-0.39, 0.29) is 0 Å². The highest BCUT2D eigenvalue weighted by Crippen LogP contribution is 2.31. The van der Waals surface area contributed by atoms with Crippen molar-refractivity contribution in [3.63, 3.8) is 0 Å². The summed E-state index contributed by atoms with van der Waals surface area (Å²) in [5.41, 5.74) is 0.545. The van der Waals surface area contributed by atoms with E-state index < -0.39 is 5.97 Å². The van der Waals surface area contributed by atoms with Crippen LogP contribution < -0.4 is 0 Å². The van der Waals surface area contributed by atoms with Gasteiger partial charge in [-0.1, -0.05) is 29.3 Å². The fraction of sp³-hybridized carbons (Fsp3) is 0. The molecule has 1 aromatic carbocycles. The van der Waals surface area contributed by atoms with Crippen LogP contribution in [0, 0.1) is 0 Å². The molecular formula is C12H7Cl2NO2. The van der Waals surface area contributed by atoms with Gasteiger partial charge in [-0.3, -0.25) is 4.98 Å². The van der Waals surface area contributed by atoms with Gasteiger partial charge in [-0.05, 0) is 18.2 Å². The summed E-state index contributed by atoms with van der Waals surface area (Å²) in [6, 6.07) is 5.16. The number of nitrogens with zero attached hydrogens (tertiary/aromatic N) is 1. The van der Waals surface area contributed by atoms with E-state index in [9.17, 15) is 4.79 Å². The number of carboxylic acids is 1. The number of fused-ring (bicyclic) bond motifs is 1. The Bertz CT molecular complexity index is 623. The largest absolute Gasteiger partial charge is 0.478 e. The van der Waals surface area contributed by atoms with Crippen molar-refractivity contribution in [1.29, 1.82) is 0 Å². The normalized spacial score (nSPS) is 11.2. The van der Waals surface area contributed by atoms with E-state index in [1.165, 1.54) is 6.08 Å². The molecule has 0 radical (unpaired) electrons. The molecule has 86 valence electrons. The van der Waals surface area contributed by atoms with Crippen molar-refractivity contribution in [1.82, 2.24) is 4.98 Å². The number of benzene rings is 1. The molecule has 0 aliphatic carbocycles. The number of aromatic nitrogens is 1. The summed E-state index contributed by atoms with van der Waals surface area (Å²) in [5, 5.41) is 11.0. The molecule has 0 aliphatic rings. The van der Waals surface area contributed by atoms with Crippen LogP contribution in [0.3, 0.4) is 0 Å². The summed E-state index contributed by atoms with van der Waals surface area (Å²) in [4.78, 5) is 14.6. The fourth-order valence-electron chi connectivity index (χ4n) is 1.50. The lowest BCUT2D eigenvalue weighted by atomic mass is 10.1. The molecule has 3 nitrogen and oxygen atoms in total. The third kappa shape index (κ3) is 2.40. The minimum Gasteiger partial charge on any atom is -0.478 e. The van der Waals surface area contributed by atoms with Crippen LogP contribution in [-0.2, 0) is 4.79 Å².